The van der Waals surface area contributed by atoms with Crippen LogP contribution in [0.5, 0.6) is 0 Å². The van der Waals surface area contributed by atoms with E-state index in [2.05, 4.69) is 38.3 Å². The highest BCUT2D eigenvalue weighted by atomic mass is 16.2. The van der Waals surface area contributed by atoms with Crippen molar-refractivity contribution in [3.8, 4) is 0 Å². The molecule has 0 radical (unpaired) electrons. The number of carbonyl (C=O) groups is 1. The molecule has 0 aromatic heterocycles. The van der Waals surface area contributed by atoms with Crippen molar-refractivity contribution in [1.29, 1.82) is 0 Å². The maximum atomic E-state index is 12.5. The lowest BCUT2D eigenvalue weighted by Crippen LogP contribution is -2.53. The molecular weight excluding hydrogens is 212 g/mol. The predicted octanol–water partition coefficient (Wildman–Crippen LogP) is 2.32. The van der Waals surface area contributed by atoms with Crippen LogP contribution in [0.2, 0.25) is 0 Å². The van der Waals surface area contributed by atoms with E-state index in [0.717, 1.165) is 38.8 Å². The Morgan fingerprint density at radius 2 is 2.12 bits per heavy atom. The maximum absolute atomic E-state index is 12.5. The van der Waals surface area contributed by atoms with Gasteiger partial charge in [0.2, 0.25) is 5.91 Å². The van der Waals surface area contributed by atoms with Gasteiger partial charge in [-0.1, -0.05) is 27.2 Å². The van der Waals surface area contributed by atoms with E-state index in [1.165, 1.54) is 0 Å². The number of piperidine rings is 1. The first-order chi connectivity index (χ1) is 8.02. The van der Waals surface area contributed by atoms with Gasteiger partial charge in [-0.15, -0.1) is 0 Å². The maximum Gasteiger partial charge on any atom is 0.227 e. The third-order valence-electron chi connectivity index (χ3n) is 4.04. The molecule has 0 aliphatic carbocycles. The van der Waals surface area contributed by atoms with E-state index in [4.69, 9.17) is 0 Å². The fourth-order valence-corrected chi connectivity index (χ4v) is 2.49. The molecule has 1 saturated heterocycles. The molecule has 100 valence electrons. The molecule has 17 heavy (non-hydrogen) atoms. The number of rotatable bonds is 5. The van der Waals surface area contributed by atoms with Gasteiger partial charge in [0.1, 0.15) is 0 Å². The summed E-state index contributed by atoms with van der Waals surface area (Å²) in [6.45, 7) is 10.5. The normalized spacial score (nSPS) is 26.9. The van der Waals surface area contributed by atoms with Crippen LogP contribution in [0.4, 0.5) is 0 Å². The second-order valence-electron chi connectivity index (χ2n) is 5.82. The van der Waals surface area contributed by atoms with Crippen LogP contribution in [0.3, 0.4) is 0 Å². The van der Waals surface area contributed by atoms with Gasteiger partial charge in [0.05, 0.1) is 5.41 Å². The summed E-state index contributed by atoms with van der Waals surface area (Å²) < 4.78 is 0. The largest absolute Gasteiger partial charge is 0.353 e. The number of carbonyl (C=O) groups excluding carboxylic acids is 1. The van der Waals surface area contributed by atoms with Crippen LogP contribution in [0, 0.1) is 11.3 Å². The van der Waals surface area contributed by atoms with E-state index in [0.29, 0.717) is 5.92 Å². The van der Waals surface area contributed by atoms with Crippen LogP contribution in [-0.4, -0.2) is 25.0 Å². The molecule has 0 spiro atoms. The summed E-state index contributed by atoms with van der Waals surface area (Å²) in [6.07, 6.45) is 4.22. The zero-order valence-corrected chi connectivity index (χ0v) is 11.8. The van der Waals surface area contributed by atoms with Crippen LogP contribution >= 0.6 is 0 Å². The average molecular weight is 240 g/mol. The molecule has 1 fully saturated rings. The standard InChI is InChI=1S/C14H28N2O/c1-5-7-14(8-6-9-15-10-14)13(17)16-12(4)11(2)3/h11-12,15H,5-10H2,1-4H3,(H,16,17). The highest BCUT2D eigenvalue weighted by molar-refractivity contribution is 5.83. The summed E-state index contributed by atoms with van der Waals surface area (Å²) in [5.74, 6) is 0.752. The van der Waals surface area contributed by atoms with Crippen LogP contribution in [0.1, 0.15) is 53.4 Å². The summed E-state index contributed by atoms with van der Waals surface area (Å²) in [5.41, 5.74) is -0.157. The fraction of sp³-hybridized carbons (Fsp3) is 0.929. The Kier molecular flexibility index (Phi) is 5.44. The monoisotopic (exact) mass is 240 g/mol. The Labute approximate surface area is 106 Å². The van der Waals surface area contributed by atoms with Crippen molar-refractivity contribution in [3.63, 3.8) is 0 Å². The minimum absolute atomic E-state index is 0.157. The van der Waals surface area contributed by atoms with Crippen LogP contribution < -0.4 is 10.6 Å². The Bertz CT molecular complexity index is 239. The van der Waals surface area contributed by atoms with Crippen molar-refractivity contribution in [2.45, 2.75) is 59.4 Å². The molecule has 2 unspecified atom stereocenters. The fourth-order valence-electron chi connectivity index (χ4n) is 2.49. The van der Waals surface area contributed by atoms with Gasteiger partial charge in [0.15, 0.2) is 0 Å². The molecule has 2 atom stereocenters. The topological polar surface area (TPSA) is 41.1 Å². The molecule has 0 saturated carbocycles. The first kappa shape index (κ1) is 14.5. The zero-order chi connectivity index (χ0) is 12.9. The van der Waals surface area contributed by atoms with Crippen molar-refractivity contribution in [2.75, 3.05) is 13.1 Å². The van der Waals surface area contributed by atoms with E-state index in [1.54, 1.807) is 0 Å². The Morgan fingerprint density at radius 3 is 2.59 bits per heavy atom. The van der Waals surface area contributed by atoms with E-state index in [9.17, 15) is 4.79 Å². The highest BCUT2D eigenvalue weighted by Crippen LogP contribution is 2.32. The third-order valence-corrected chi connectivity index (χ3v) is 4.04. The molecule has 1 aliphatic heterocycles. The molecule has 1 aliphatic rings. The van der Waals surface area contributed by atoms with Crippen molar-refractivity contribution >= 4 is 5.91 Å². The van der Waals surface area contributed by atoms with Crippen LogP contribution in [0.15, 0.2) is 0 Å². The SMILES string of the molecule is CCCC1(C(=O)NC(C)C(C)C)CCCNC1. The Hall–Kier alpha value is -0.570. The molecule has 0 bridgehead atoms. The van der Waals surface area contributed by atoms with E-state index < -0.39 is 0 Å². The lowest BCUT2D eigenvalue weighted by molar-refractivity contribution is -0.133. The van der Waals surface area contributed by atoms with Crippen molar-refractivity contribution in [3.05, 3.63) is 0 Å². The summed E-state index contributed by atoms with van der Waals surface area (Å²) in [4.78, 5) is 12.5. The molecule has 2 N–H and O–H groups in total. The van der Waals surface area contributed by atoms with E-state index in [-0.39, 0.29) is 17.4 Å². The molecule has 3 heteroatoms. The summed E-state index contributed by atoms with van der Waals surface area (Å²) in [7, 11) is 0. The number of hydrogen-bond donors (Lipinski definition) is 2. The minimum Gasteiger partial charge on any atom is -0.353 e. The predicted molar refractivity (Wildman–Crippen MR) is 71.9 cm³/mol. The zero-order valence-electron chi connectivity index (χ0n) is 11.8. The van der Waals surface area contributed by atoms with Gasteiger partial charge in [0.25, 0.3) is 0 Å². The first-order valence-electron chi connectivity index (χ1n) is 7.03. The minimum atomic E-state index is -0.157. The van der Waals surface area contributed by atoms with E-state index >= 15 is 0 Å². The first-order valence-corrected chi connectivity index (χ1v) is 7.03. The van der Waals surface area contributed by atoms with Gasteiger partial charge in [0, 0.05) is 12.6 Å². The van der Waals surface area contributed by atoms with Crippen molar-refractivity contribution < 1.29 is 4.79 Å². The molecular formula is C14H28N2O. The number of amides is 1. The van der Waals surface area contributed by atoms with Crippen molar-refractivity contribution in [2.24, 2.45) is 11.3 Å². The Morgan fingerprint density at radius 1 is 1.41 bits per heavy atom. The van der Waals surface area contributed by atoms with Gasteiger partial charge in [-0.05, 0) is 38.6 Å². The van der Waals surface area contributed by atoms with Gasteiger partial charge in [-0.25, -0.2) is 0 Å². The van der Waals surface area contributed by atoms with Crippen molar-refractivity contribution in [1.82, 2.24) is 10.6 Å². The number of nitrogens with one attached hydrogen (secondary N) is 2. The van der Waals surface area contributed by atoms with Gasteiger partial charge < -0.3 is 10.6 Å². The summed E-state index contributed by atoms with van der Waals surface area (Å²) in [5, 5.41) is 6.58. The molecule has 0 aromatic carbocycles. The Balaban J connectivity index is 2.66. The highest BCUT2D eigenvalue weighted by Gasteiger charge is 2.39. The molecule has 1 heterocycles. The van der Waals surface area contributed by atoms with Crippen LogP contribution in [-0.2, 0) is 4.79 Å². The summed E-state index contributed by atoms with van der Waals surface area (Å²) in [6, 6.07) is 0.262. The van der Waals surface area contributed by atoms with Gasteiger partial charge >= 0.3 is 0 Å². The lowest BCUT2D eigenvalue weighted by atomic mass is 9.76. The van der Waals surface area contributed by atoms with Gasteiger partial charge in [-0.2, -0.15) is 0 Å². The second kappa shape index (κ2) is 6.39. The molecule has 1 amide bonds. The lowest BCUT2D eigenvalue weighted by Gasteiger charge is -2.37. The molecule has 3 nitrogen and oxygen atoms in total. The summed E-state index contributed by atoms with van der Waals surface area (Å²) >= 11 is 0. The quantitative estimate of drug-likeness (QED) is 0.774. The van der Waals surface area contributed by atoms with Gasteiger partial charge in [-0.3, -0.25) is 4.79 Å². The third kappa shape index (κ3) is 3.70. The van der Waals surface area contributed by atoms with Crippen LogP contribution in [0.25, 0.3) is 0 Å². The van der Waals surface area contributed by atoms with E-state index in [1.807, 2.05) is 0 Å². The second-order valence-corrected chi connectivity index (χ2v) is 5.82. The number of hydrogen-bond acceptors (Lipinski definition) is 2. The molecule has 1 rings (SSSR count). The average Bonchev–Trinajstić information content (AvgIpc) is 2.30. The smallest absolute Gasteiger partial charge is 0.227 e. The molecule has 0 aromatic rings.